The number of aryl methyl sites for hydroxylation is 3. The number of rotatable bonds is 10. The summed E-state index contributed by atoms with van der Waals surface area (Å²) in [5, 5.41) is 7.98. The molecule has 1 N–H and O–H groups in total. The summed E-state index contributed by atoms with van der Waals surface area (Å²) in [5.41, 5.74) is 3.88. The third kappa shape index (κ3) is 7.39. The standard InChI is InChI=1S/C32H36F3N5O/c1-7-27-17-30(37-18-36-27)40-31(11-22(6)39-40)38-28-12-23(9-8-20(28)4)13-29(41)25-14-24(21(5)10-19(2)3)15-26(16-25)32(33,34)35/h8-9,11-12,14-19,21,38H,7,10,13H2,1-6H3/t21-/m0/s1. The zero-order valence-corrected chi connectivity index (χ0v) is 24.3. The highest BCUT2D eigenvalue weighted by molar-refractivity contribution is 5.98. The summed E-state index contributed by atoms with van der Waals surface area (Å²) < 4.78 is 42.9. The van der Waals surface area contributed by atoms with Crippen molar-refractivity contribution < 1.29 is 18.0 Å². The van der Waals surface area contributed by atoms with Crippen LogP contribution in [-0.4, -0.2) is 25.5 Å². The number of hydrogen-bond acceptors (Lipinski definition) is 5. The highest BCUT2D eigenvalue weighted by atomic mass is 19.4. The number of Topliss-reactive ketones (excluding diaryl/α,β-unsaturated/α-hetero) is 1. The van der Waals surface area contributed by atoms with E-state index in [2.05, 4.69) is 20.4 Å². The summed E-state index contributed by atoms with van der Waals surface area (Å²) in [5.74, 6) is 1.17. The molecule has 0 aliphatic rings. The Morgan fingerprint density at radius 3 is 2.44 bits per heavy atom. The SMILES string of the molecule is CCc1cc(-n2nc(C)cc2Nc2cc(CC(=O)c3cc([C@@H](C)CC(C)C)cc(C(F)(F)F)c3)ccc2C)ncn1. The van der Waals surface area contributed by atoms with Crippen LogP contribution in [0.1, 0.15) is 84.0 Å². The van der Waals surface area contributed by atoms with Gasteiger partial charge in [-0.1, -0.05) is 39.8 Å². The van der Waals surface area contributed by atoms with E-state index in [1.54, 1.807) is 10.7 Å². The van der Waals surface area contributed by atoms with E-state index in [1.807, 2.05) is 71.9 Å². The molecule has 41 heavy (non-hydrogen) atoms. The van der Waals surface area contributed by atoms with Crippen molar-refractivity contribution in [3.05, 3.63) is 94.1 Å². The van der Waals surface area contributed by atoms with Gasteiger partial charge in [-0.3, -0.25) is 4.79 Å². The van der Waals surface area contributed by atoms with Crippen LogP contribution in [0.25, 0.3) is 5.82 Å². The molecule has 0 saturated heterocycles. The first-order chi connectivity index (χ1) is 19.3. The number of carbonyl (C=O) groups excluding carboxylic acids is 1. The quantitative estimate of drug-likeness (QED) is 0.197. The average Bonchev–Trinajstić information content (AvgIpc) is 3.29. The average molecular weight is 564 g/mol. The number of halogens is 3. The molecule has 0 fully saturated rings. The van der Waals surface area contributed by atoms with Crippen molar-refractivity contribution in [2.75, 3.05) is 5.32 Å². The van der Waals surface area contributed by atoms with E-state index in [-0.39, 0.29) is 23.7 Å². The lowest BCUT2D eigenvalue weighted by molar-refractivity contribution is -0.137. The van der Waals surface area contributed by atoms with E-state index in [0.29, 0.717) is 28.7 Å². The molecule has 0 bridgehead atoms. The molecule has 1 atom stereocenters. The van der Waals surface area contributed by atoms with Crippen molar-refractivity contribution in [1.82, 2.24) is 19.7 Å². The third-order valence-electron chi connectivity index (χ3n) is 7.05. The van der Waals surface area contributed by atoms with Gasteiger partial charge in [0.25, 0.3) is 0 Å². The molecule has 2 aromatic carbocycles. The topological polar surface area (TPSA) is 72.7 Å². The van der Waals surface area contributed by atoms with Gasteiger partial charge >= 0.3 is 6.18 Å². The summed E-state index contributed by atoms with van der Waals surface area (Å²) in [6.07, 6.45) is -1.57. The first-order valence-corrected chi connectivity index (χ1v) is 13.8. The van der Waals surface area contributed by atoms with Crippen molar-refractivity contribution in [2.24, 2.45) is 5.92 Å². The van der Waals surface area contributed by atoms with Crippen LogP contribution in [0.5, 0.6) is 0 Å². The molecule has 0 aliphatic carbocycles. The van der Waals surface area contributed by atoms with Crippen molar-refractivity contribution >= 4 is 17.3 Å². The van der Waals surface area contributed by atoms with E-state index in [1.165, 1.54) is 12.4 Å². The highest BCUT2D eigenvalue weighted by Crippen LogP contribution is 2.34. The number of benzene rings is 2. The van der Waals surface area contributed by atoms with Crippen LogP contribution in [0.15, 0.2) is 54.9 Å². The number of alkyl halides is 3. The van der Waals surface area contributed by atoms with Crippen LogP contribution < -0.4 is 5.32 Å². The Bertz CT molecular complexity index is 1540. The fourth-order valence-electron chi connectivity index (χ4n) is 4.90. The molecule has 216 valence electrons. The lowest BCUT2D eigenvalue weighted by Gasteiger charge is -2.18. The van der Waals surface area contributed by atoms with Gasteiger partial charge in [-0.25, -0.2) is 9.97 Å². The maximum Gasteiger partial charge on any atom is 0.416 e. The predicted octanol–water partition coefficient (Wildman–Crippen LogP) is 8.18. The number of aromatic nitrogens is 4. The largest absolute Gasteiger partial charge is 0.416 e. The molecular formula is C32H36F3N5O. The minimum atomic E-state index is -4.54. The number of hydrogen-bond donors (Lipinski definition) is 1. The summed E-state index contributed by atoms with van der Waals surface area (Å²) in [7, 11) is 0. The predicted molar refractivity (Wildman–Crippen MR) is 155 cm³/mol. The van der Waals surface area contributed by atoms with E-state index < -0.39 is 11.7 Å². The number of nitrogens with zero attached hydrogens (tertiary/aromatic N) is 4. The molecule has 0 saturated carbocycles. The van der Waals surface area contributed by atoms with Crippen LogP contribution in [0, 0.1) is 19.8 Å². The zero-order valence-electron chi connectivity index (χ0n) is 24.3. The van der Waals surface area contributed by atoms with Crippen LogP contribution in [0.2, 0.25) is 0 Å². The first kappa shape index (κ1) is 30.0. The summed E-state index contributed by atoms with van der Waals surface area (Å²) in [4.78, 5) is 22.0. The van der Waals surface area contributed by atoms with Gasteiger partial charge in [0.2, 0.25) is 0 Å². The molecule has 6 nitrogen and oxygen atoms in total. The number of carbonyl (C=O) groups is 1. The summed E-state index contributed by atoms with van der Waals surface area (Å²) in [6, 6.07) is 13.1. The van der Waals surface area contributed by atoms with E-state index in [0.717, 1.165) is 41.5 Å². The molecule has 4 rings (SSSR count). The van der Waals surface area contributed by atoms with Crippen molar-refractivity contribution in [2.45, 2.75) is 72.9 Å². The van der Waals surface area contributed by atoms with Gasteiger partial charge in [0.15, 0.2) is 11.6 Å². The van der Waals surface area contributed by atoms with Gasteiger partial charge in [-0.05, 0) is 79.5 Å². The second-order valence-corrected chi connectivity index (χ2v) is 11.1. The fraction of sp³-hybridized carbons (Fsp3) is 0.375. The van der Waals surface area contributed by atoms with Gasteiger partial charge in [0, 0.05) is 35.5 Å². The molecule has 0 radical (unpaired) electrons. The van der Waals surface area contributed by atoms with E-state index in [9.17, 15) is 18.0 Å². The summed E-state index contributed by atoms with van der Waals surface area (Å²) in [6.45, 7) is 11.8. The van der Waals surface area contributed by atoms with Crippen LogP contribution in [0.4, 0.5) is 24.7 Å². The minimum Gasteiger partial charge on any atom is -0.340 e. The Kier molecular flexibility index (Phi) is 8.95. The second-order valence-electron chi connectivity index (χ2n) is 11.1. The van der Waals surface area contributed by atoms with Gasteiger partial charge in [0.05, 0.1) is 11.3 Å². The van der Waals surface area contributed by atoms with Gasteiger partial charge in [-0.2, -0.15) is 23.0 Å². The molecule has 0 unspecified atom stereocenters. The first-order valence-electron chi connectivity index (χ1n) is 13.8. The lowest BCUT2D eigenvalue weighted by atomic mass is 9.88. The van der Waals surface area contributed by atoms with E-state index in [4.69, 9.17) is 0 Å². The van der Waals surface area contributed by atoms with Crippen LogP contribution in [-0.2, 0) is 19.0 Å². The molecule has 0 amide bonds. The Hall–Kier alpha value is -4.01. The third-order valence-corrected chi connectivity index (χ3v) is 7.05. The van der Waals surface area contributed by atoms with Crippen molar-refractivity contribution in [3.8, 4) is 5.82 Å². The normalized spacial score (nSPS) is 12.5. The van der Waals surface area contributed by atoms with Gasteiger partial charge in [0.1, 0.15) is 12.1 Å². The van der Waals surface area contributed by atoms with Crippen LogP contribution in [0.3, 0.4) is 0 Å². The second kappa shape index (κ2) is 12.2. The molecule has 9 heteroatoms. The fourth-order valence-corrected chi connectivity index (χ4v) is 4.90. The Balaban J connectivity index is 1.62. The van der Waals surface area contributed by atoms with Gasteiger partial charge in [-0.15, -0.1) is 0 Å². The maximum absolute atomic E-state index is 13.7. The van der Waals surface area contributed by atoms with Gasteiger partial charge < -0.3 is 5.32 Å². The molecule has 4 aromatic rings. The molecule has 0 aliphatic heterocycles. The monoisotopic (exact) mass is 563 g/mol. The number of ketones is 1. The van der Waals surface area contributed by atoms with Crippen LogP contribution >= 0.6 is 0 Å². The number of nitrogens with one attached hydrogen (secondary N) is 1. The Morgan fingerprint density at radius 2 is 1.76 bits per heavy atom. The molecule has 2 heterocycles. The Labute approximate surface area is 239 Å². The smallest absolute Gasteiger partial charge is 0.340 e. The maximum atomic E-state index is 13.7. The van der Waals surface area contributed by atoms with E-state index >= 15 is 0 Å². The van der Waals surface area contributed by atoms with Crippen molar-refractivity contribution in [1.29, 1.82) is 0 Å². The lowest BCUT2D eigenvalue weighted by Crippen LogP contribution is -2.12. The molecular weight excluding hydrogens is 527 g/mol. The Morgan fingerprint density at radius 1 is 1.00 bits per heavy atom. The highest BCUT2D eigenvalue weighted by Gasteiger charge is 2.32. The minimum absolute atomic E-state index is 0.0294. The summed E-state index contributed by atoms with van der Waals surface area (Å²) >= 11 is 0. The number of anilines is 2. The molecule has 2 aromatic heterocycles. The zero-order chi connectivity index (χ0) is 29.9. The van der Waals surface area contributed by atoms with Crippen molar-refractivity contribution in [3.63, 3.8) is 0 Å². The molecule has 0 spiro atoms.